The standard InChI is InChI=1S/C15H25NO/c1-4-8-15(12-16-6-3)17-14-10-7-9-13(5-2)11-14/h7,9-11,15-16H,4-6,8,12H2,1-3H3. The van der Waals surface area contributed by atoms with Gasteiger partial charge < -0.3 is 10.1 Å². The first kappa shape index (κ1) is 14.0. The van der Waals surface area contributed by atoms with Gasteiger partial charge in [-0.15, -0.1) is 0 Å². The molecule has 1 aromatic carbocycles. The number of hydrogen-bond acceptors (Lipinski definition) is 2. The van der Waals surface area contributed by atoms with E-state index in [1.807, 2.05) is 6.07 Å². The molecule has 0 aliphatic carbocycles. The molecule has 2 heteroatoms. The lowest BCUT2D eigenvalue weighted by atomic mass is 10.1. The molecule has 0 spiro atoms. The Labute approximate surface area is 105 Å². The topological polar surface area (TPSA) is 21.3 Å². The SMILES string of the molecule is CCCC(CNCC)Oc1cccc(CC)c1. The minimum atomic E-state index is 0.284. The number of aryl methyl sites for hydroxylation is 1. The van der Waals surface area contributed by atoms with Crippen LogP contribution in [0.25, 0.3) is 0 Å². The van der Waals surface area contributed by atoms with E-state index in [9.17, 15) is 0 Å². The first-order valence-electron chi connectivity index (χ1n) is 6.76. The third kappa shape index (κ3) is 5.22. The van der Waals surface area contributed by atoms with Crippen molar-refractivity contribution in [2.24, 2.45) is 0 Å². The highest BCUT2D eigenvalue weighted by molar-refractivity contribution is 5.28. The molecule has 17 heavy (non-hydrogen) atoms. The number of nitrogens with one attached hydrogen (secondary N) is 1. The van der Waals surface area contributed by atoms with Gasteiger partial charge in [0.25, 0.3) is 0 Å². The van der Waals surface area contributed by atoms with E-state index in [4.69, 9.17) is 4.74 Å². The van der Waals surface area contributed by atoms with E-state index in [0.717, 1.165) is 38.1 Å². The van der Waals surface area contributed by atoms with Crippen LogP contribution in [0, 0.1) is 0 Å². The van der Waals surface area contributed by atoms with E-state index < -0.39 is 0 Å². The Morgan fingerprint density at radius 3 is 2.71 bits per heavy atom. The highest BCUT2D eigenvalue weighted by Crippen LogP contribution is 2.16. The second-order valence-corrected chi connectivity index (χ2v) is 4.34. The fourth-order valence-electron chi connectivity index (χ4n) is 1.86. The summed E-state index contributed by atoms with van der Waals surface area (Å²) in [4.78, 5) is 0. The summed E-state index contributed by atoms with van der Waals surface area (Å²) >= 11 is 0. The largest absolute Gasteiger partial charge is 0.489 e. The Bertz CT molecular complexity index is 312. The van der Waals surface area contributed by atoms with Crippen molar-refractivity contribution in [1.29, 1.82) is 0 Å². The van der Waals surface area contributed by atoms with Crippen molar-refractivity contribution in [3.63, 3.8) is 0 Å². The smallest absolute Gasteiger partial charge is 0.120 e. The summed E-state index contributed by atoms with van der Waals surface area (Å²) in [5, 5.41) is 3.36. The van der Waals surface area contributed by atoms with Gasteiger partial charge in [0.15, 0.2) is 0 Å². The fraction of sp³-hybridized carbons (Fsp3) is 0.600. The molecule has 1 N–H and O–H groups in total. The van der Waals surface area contributed by atoms with Crippen LogP contribution in [0.15, 0.2) is 24.3 Å². The van der Waals surface area contributed by atoms with Gasteiger partial charge in [-0.1, -0.05) is 39.3 Å². The summed E-state index contributed by atoms with van der Waals surface area (Å²) in [6.45, 7) is 8.42. The van der Waals surface area contributed by atoms with Gasteiger partial charge >= 0.3 is 0 Å². The maximum atomic E-state index is 6.04. The van der Waals surface area contributed by atoms with Crippen LogP contribution < -0.4 is 10.1 Å². The van der Waals surface area contributed by atoms with Gasteiger partial charge in [0.1, 0.15) is 11.9 Å². The zero-order valence-electron chi connectivity index (χ0n) is 11.3. The van der Waals surface area contributed by atoms with Crippen LogP contribution in [-0.2, 0) is 6.42 Å². The van der Waals surface area contributed by atoms with Crippen molar-refractivity contribution in [3.8, 4) is 5.75 Å². The van der Waals surface area contributed by atoms with Gasteiger partial charge in [-0.3, -0.25) is 0 Å². The maximum Gasteiger partial charge on any atom is 0.120 e. The van der Waals surface area contributed by atoms with E-state index >= 15 is 0 Å². The predicted molar refractivity (Wildman–Crippen MR) is 73.7 cm³/mol. The summed E-state index contributed by atoms with van der Waals surface area (Å²) in [5.74, 6) is 1.00. The van der Waals surface area contributed by atoms with E-state index in [-0.39, 0.29) is 6.10 Å². The van der Waals surface area contributed by atoms with Crippen molar-refractivity contribution in [2.45, 2.75) is 46.1 Å². The second-order valence-electron chi connectivity index (χ2n) is 4.34. The Kier molecular flexibility index (Phi) is 6.71. The van der Waals surface area contributed by atoms with Crippen LogP contribution in [0.3, 0.4) is 0 Å². The zero-order valence-corrected chi connectivity index (χ0v) is 11.3. The third-order valence-electron chi connectivity index (χ3n) is 2.84. The molecule has 0 aliphatic rings. The van der Waals surface area contributed by atoms with E-state index in [2.05, 4.69) is 44.3 Å². The lowest BCUT2D eigenvalue weighted by molar-refractivity contribution is 0.187. The first-order chi connectivity index (χ1) is 8.30. The van der Waals surface area contributed by atoms with E-state index in [1.165, 1.54) is 5.56 Å². The third-order valence-corrected chi connectivity index (χ3v) is 2.84. The Morgan fingerprint density at radius 1 is 1.24 bits per heavy atom. The second kappa shape index (κ2) is 8.13. The molecule has 1 rings (SSSR count). The molecule has 1 atom stereocenters. The maximum absolute atomic E-state index is 6.04. The summed E-state index contributed by atoms with van der Waals surface area (Å²) in [5.41, 5.74) is 1.33. The van der Waals surface area contributed by atoms with Crippen LogP contribution in [0.2, 0.25) is 0 Å². The van der Waals surface area contributed by atoms with Crippen molar-refractivity contribution in [2.75, 3.05) is 13.1 Å². The average Bonchev–Trinajstić information content (AvgIpc) is 2.36. The van der Waals surface area contributed by atoms with Crippen LogP contribution in [-0.4, -0.2) is 19.2 Å². The number of benzene rings is 1. The minimum Gasteiger partial charge on any atom is -0.489 e. The quantitative estimate of drug-likeness (QED) is 0.745. The molecule has 0 heterocycles. The fourth-order valence-corrected chi connectivity index (χ4v) is 1.86. The summed E-state index contributed by atoms with van der Waals surface area (Å²) in [6, 6.07) is 8.42. The van der Waals surface area contributed by atoms with Crippen molar-refractivity contribution in [1.82, 2.24) is 5.32 Å². The van der Waals surface area contributed by atoms with Crippen molar-refractivity contribution < 1.29 is 4.74 Å². The Morgan fingerprint density at radius 2 is 2.06 bits per heavy atom. The van der Waals surface area contributed by atoms with Crippen LogP contribution in [0.4, 0.5) is 0 Å². The van der Waals surface area contributed by atoms with Gasteiger partial charge in [0.2, 0.25) is 0 Å². The van der Waals surface area contributed by atoms with Gasteiger partial charge in [-0.05, 0) is 37.1 Å². The molecule has 0 saturated carbocycles. The van der Waals surface area contributed by atoms with Gasteiger partial charge in [0, 0.05) is 6.54 Å². The Hall–Kier alpha value is -1.02. The molecule has 0 aliphatic heterocycles. The predicted octanol–water partition coefficient (Wildman–Crippen LogP) is 3.41. The van der Waals surface area contributed by atoms with E-state index in [0.29, 0.717) is 0 Å². The van der Waals surface area contributed by atoms with Crippen LogP contribution in [0.1, 0.15) is 39.2 Å². The molecule has 0 radical (unpaired) electrons. The monoisotopic (exact) mass is 235 g/mol. The molecule has 0 bridgehead atoms. The van der Waals surface area contributed by atoms with Crippen LogP contribution in [0.5, 0.6) is 5.75 Å². The molecular weight excluding hydrogens is 210 g/mol. The number of likely N-dealkylation sites (N-methyl/N-ethyl adjacent to an activating group) is 1. The molecule has 96 valence electrons. The summed E-state index contributed by atoms with van der Waals surface area (Å²) in [6.07, 6.45) is 3.60. The Balaban J connectivity index is 2.57. The van der Waals surface area contributed by atoms with Crippen LogP contribution >= 0.6 is 0 Å². The lowest BCUT2D eigenvalue weighted by Gasteiger charge is -2.19. The number of ether oxygens (including phenoxy) is 1. The summed E-state index contributed by atoms with van der Waals surface area (Å²) < 4.78 is 6.04. The van der Waals surface area contributed by atoms with Gasteiger partial charge in [-0.2, -0.15) is 0 Å². The summed E-state index contributed by atoms with van der Waals surface area (Å²) in [7, 11) is 0. The highest BCUT2D eigenvalue weighted by atomic mass is 16.5. The molecule has 0 amide bonds. The van der Waals surface area contributed by atoms with Crippen molar-refractivity contribution >= 4 is 0 Å². The number of rotatable bonds is 8. The molecule has 1 unspecified atom stereocenters. The molecule has 0 fully saturated rings. The van der Waals surface area contributed by atoms with E-state index in [1.54, 1.807) is 0 Å². The number of hydrogen-bond donors (Lipinski definition) is 1. The first-order valence-corrected chi connectivity index (χ1v) is 6.76. The zero-order chi connectivity index (χ0) is 12.5. The molecule has 0 aromatic heterocycles. The highest BCUT2D eigenvalue weighted by Gasteiger charge is 2.08. The van der Waals surface area contributed by atoms with Gasteiger partial charge in [-0.25, -0.2) is 0 Å². The minimum absolute atomic E-state index is 0.284. The molecule has 2 nitrogen and oxygen atoms in total. The molecule has 0 saturated heterocycles. The normalized spacial score (nSPS) is 12.4. The average molecular weight is 235 g/mol. The molecular formula is C15H25NO. The van der Waals surface area contributed by atoms with Gasteiger partial charge in [0.05, 0.1) is 0 Å². The van der Waals surface area contributed by atoms with Crippen molar-refractivity contribution in [3.05, 3.63) is 29.8 Å². The molecule has 1 aromatic rings. The lowest BCUT2D eigenvalue weighted by Crippen LogP contribution is -2.31.